The van der Waals surface area contributed by atoms with Crippen LogP contribution in [0.5, 0.6) is 0 Å². The van der Waals surface area contributed by atoms with Crippen LogP contribution in [0, 0.1) is 0 Å². The maximum Gasteiger partial charge on any atom is 0.431 e. The van der Waals surface area contributed by atoms with Crippen LogP contribution in [0.1, 0.15) is 21.9 Å². The molecule has 0 aliphatic heterocycles. The Labute approximate surface area is 145 Å². The average molecular weight is 364 g/mol. The minimum Gasteiger partial charge on any atom is -0.334 e. The molecule has 0 unspecified atom stereocenters. The van der Waals surface area contributed by atoms with Crippen molar-refractivity contribution in [2.45, 2.75) is 12.7 Å². The summed E-state index contributed by atoms with van der Waals surface area (Å²) in [6.45, 7) is 0.102. The summed E-state index contributed by atoms with van der Waals surface area (Å²) < 4.78 is 39.7. The van der Waals surface area contributed by atoms with Crippen LogP contribution in [0.15, 0.2) is 41.2 Å². The van der Waals surface area contributed by atoms with Crippen LogP contribution in [-0.2, 0) is 19.8 Å². The molecule has 0 aliphatic rings. The third-order valence-corrected chi connectivity index (χ3v) is 4.05. The summed E-state index contributed by atoms with van der Waals surface area (Å²) in [6.07, 6.45) is -4.68. The molecule has 2 aromatic heterocycles. The van der Waals surface area contributed by atoms with Crippen molar-refractivity contribution >= 4 is 16.9 Å². The van der Waals surface area contributed by atoms with Crippen molar-refractivity contribution in [1.82, 2.24) is 19.4 Å². The van der Waals surface area contributed by atoms with Gasteiger partial charge in [0.15, 0.2) is 0 Å². The number of nitrogens with zero attached hydrogens (tertiary/aromatic N) is 3. The summed E-state index contributed by atoms with van der Waals surface area (Å²) in [5.41, 5.74) is -0.994. The maximum atomic E-state index is 12.6. The molecule has 26 heavy (non-hydrogen) atoms. The first-order valence-corrected chi connectivity index (χ1v) is 7.65. The lowest BCUT2D eigenvalue weighted by Crippen LogP contribution is -2.32. The van der Waals surface area contributed by atoms with E-state index in [-0.39, 0.29) is 12.1 Å². The molecule has 9 heteroatoms. The standard InChI is InChI=1S/C17H15F3N4O2/c1-23(9-14-21-11-5-3-4-6-12(11)24(14)2)16(26)10-7-8-13(17(18,19)20)22-15(10)25/h3-8H,9H2,1-2H3,(H,22,25). The lowest BCUT2D eigenvalue weighted by atomic mass is 10.2. The van der Waals surface area contributed by atoms with Crippen LogP contribution in [0.25, 0.3) is 11.0 Å². The Bertz CT molecular complexity index is 1040. The van der Waals surface area contributed by atoms with Crippen molar-refractivity contribution in [2.24, 2.45) is 7.05 Å². The predicted molar refractivity (Wildman–Crippen MR) is 88.6 cm³/mol. The van der Waals surface area contributed by atoms with Crippen molar-refractivity contribution < 1.29 is 18.0 Å². The van der Waals surface area contributed by atoms with Gasteiger partial charge in [-0.05, 0) is 24.3 Å². The van der Waals surface area contributed by atoms with Gasteiger partial charge in [0.2, 0.25) is 0 Å². The third kappa shape index (κ3) is 3.19. The number of aromatic amines is 1. The molecule has 3 rings (SSSR count). The smallest absolute Gasteiger partial charge is 0.334 e. The van der Waals surface area contributed by atoms with Gasteiger partial charge in [-0.3, -0.25) is 9.59 Å². The van der Waals surface area contributed by atoms with Gasteiger partial charge < -0.3 is 14.5 Å². The highest BCUT2D eigenvalue weighted by atomic mass is 19.4. The number of alkyl halides is 3. The minimum absolute atomic E-state index is 0.102. The number of carbonyl (C=O) groups is 1. The van der Waals surface area contributed by atoms with Crippen molar-refractivity contribution in [1.29, 1.82) is 0 Å². The molecule has 0 bridgehead atoms. The number of fused-ring (bicyclic) bond motifs is 1. The second-order valence-corrected chi connectivity index (χ2v) is 5.85. The first-order valence-electron chi connectivity index (χ1n) is 7.65. The van der Waals surface area contributed by atoms with Gasteiger partial charge in [-0.2, -0.15) is 13.2 Å². The molecule has 0 aliphatic carbocycles. The molecular weight excluding hydrogens is 349 g/mol. The van der Waals surface area contributed by atoms with Crippen molar-refractivity contribution in [3.8, 4) is 0 Å². The molecule has 0 spiro atoms. The minimum atomic E-state index is -4.68. The highest BCUT2D eigenvalue weighted by molar-refractivity contribution is 5.93. The fourth-order valence-corrected chi connectivity index (χ4v) is 2.63. The van der Waals surface area contributed by atoms with E-state index in [0.717, 1.165) is 17.1 Å². The quantitative estimate of drug-likeness (QED) is 0.776. The number of pyridine rings is 1. The summed E-state index contributed by atoms with van der Waals surface area (Å²) >= 11 is 0. The number of benzene rings is 1. The number of imidazole rings is 1. The van der Waals surface area contributed by atoms with E-state index < -0.39 is 23.3 Å². The zero-order valence-electron chi connectivity index (χ0n) is 14.0. The van der Waals surface area contributed by atoms with Gasteiger partial charge >= 0.3 is 6.18 Å². The van der Waals surface area contributed by atoms with Crippen molar-refractivity contribution in [3.05, 3.63) is 63.8 Å². The number of H-pyrrole nitrogens is 1. The molecule has 0 saturated heterocycles. The molecule has 3 aromatic rings. The highest BCUT2D eigenvalue weighted by Gasteiger charge is 2.32. The van der Waals surface area contributed by atoms with Gasteiger partial charge in [-0.15, -0.1) is 0 Å². The number of halogens is 3. The summed E-state index contributed by atoms with van der Waals surface area (Å²) in [5, 5.41) is 0. The molecule has 136 valence electrons. The van der Waals surface area contributed by atoms with Crippen LogP contribution in [0.2, 0.25) is 0 Å². The summed E-state index contributed by atoms with van der Waals surface area (Å²) in [4.78, 5) is 31.7. The summed E-state index contributed by atoms with van der Waals surface area (Å²) in [5.74, 6) is -0.0996. The summed E-state index contributed by atoms with van der Waals surface area (Å²) in [7, 11) is 3.26. The second-order valence-electron chi connectivity index (χ2n) is 5.85. The van der Waals surface area contributed by atoms with Gasteiger partial charge in [0.25, 0.3) is 11.5 Å². The Balaban J connectivity index is 1.86. The van der Waals surface area contributed by atoms with Crippen LogP contribution in [-0.4, -0.2) is 32.4 Å². The van der Waals surface area contributed by atoms with E-state index in [1.54, 1.807) is 12.0 Å². The van der Waals surface area contributed by atoms with Crippen molar-refractivity contribution in [3.63, 3.8) is 0 Å². The number of nitrogens with one attached hydrogen (secondary N) is 1. The van der Waals surface area contributed by atoms with E-state index in [1.165, 1.54) is 11.9 Å². The monoisotopic (exact) mass is 364 g/mol. The zero-order valence-corrected chi connectivity index (χ0v) is 14.0. The average Bonchev–Trinajstić information content (AvgIpc) is 2.89. The first-order chi connectivity index (χ1) is 12.2. The maximum absolute atomic E-state index is 12.6. The van der Waals surface area contributed by atoms with Crippen LogP contribution in [0.3, 0.4) is 0 Å². The predicted octanol–water partition coefficient (Wildman–Crippen LogP) is 2.55. The van der Waals surface area contributed by atoms with Gasteiger partial charge in [-0.1, -0.05) is 12.1 Å². The van der Waals surface area contributed by atoms with E-state index in [2.05, 4.69) is 4.98 Å². The Hall–Kier alpha value is -3.10. The Morgan fingerprint density at radius 3 is 2.54 bits per heavy atom. The van der Waals surface area contributed by atoms with Gasteiger partial charge in [0.05, 0.1) is 17.6 Å². The van der Waals surface area contributed by atoms with Crippen LogP contribution >= 0.6 is 0 Å². The van der Waals surface area contributed by atoms with E-state index in [0.29, 0.717) is 11.9 Å². The van der Waals surface area contributed by atoms with Gasteiger partial charge in [0.1, 0.15) is 17.1 Å². The molecule has 0 saturated carbocycles. The molecule has 0 radical (unpaired) electrons. The summed E-state index contributed by atoms with van der Waals surface area (Å²) in [6, 6.07) is 8.99. The van der Waals surface area contributed by atoms with Gasteiger partial charge in [-0.25, -0.2) is 4.98 Å². The topological polar surface area (TPSA) is 71.0 Å². The molecule has 0 atom stereocenters. The fraction of sp³-hybridized carbons (Fsp3) is 0.235. The Morgan fingerprint density at radius 2 is 1.92 bits per heavy atom. The van der Waals surface area contributed by atoms with Crippen LogP contribution < -0.4 is 5.56 Å². The molecule has 6 nitrogen and oxygen atoms in total. The van der Waals surface area contributed by atoms with Crippen molar-refractivity contribution in [2.75, 3.05) is 7.05 Å². The fourth-order valence-electron chi connectivity index (χ4n) is 2.63. The number of rotatable bonds is 3. The highest BCUT2D eigenvalue weighted by Crippen LogP contribution is 2.26. The number of para-hydroxylation sites is 2. The van der Waals surface area contributed by atoms with E-state index in [4.69, 9.17) is 0 Å². The largest absolute Gasteiger partial charge is 0.431 e. The van der Waals surface area contributed by atoms with E-state index in [1.807, 2.05) is 28.8 Å². The number of hydrogen-bond acceptors (Lipinski definition) is 3. The lowest BCUT2D eigenvalue weighted by Gasteiger charge is -2.17. The molecule has 0 fully saturated rings. The number of aryl methyl sites for hydroxylation is 1. The number of carbonyl (C=O) groups excluding carboxylic acids is 1. The second kappa shape index (κ2) is 6.32. The Kier molecular flexibility index (Phi) is 4.31. The Morgan fingerprint density at radius 1 is 1.23 bits per heavy atom. The number of hydrogen-bond donors (Lipinski definition) is 1. The van der Waals surface area contributed by atoms with E-state index in [9.17, 15) is 22.8 Å². The molecule has 1 N–H and O–H groups in total. The normalized spacial score (nSPS) is 11.7. The molecular formula is C17H15F3N4O2. The van der Waals surface area contributed by atoms with E-state index >= 15 is 0 Å². The van der Waals surface area contributed by atoms with Crippen LogP contribution in [0.4, 0.5) is 13.2 Å². The molecule has 2 heterocycles. The number of aromatic nitrogens is 3. The third-order valence-electron chi connectivity index (χ3n) is 4.05. The molecule has 1 amide bonds. The zero-order chi connectivity index (χ0) is 19.1. The number of amides is 1. The first kappa shape index (κ1) is 17.7. The van der Waals surface area contributed by atoms with Gasteiger partial charge in [0, 0.05) is 14.1 Å². The lowest BCUT2D eigenvalue weighted by molar-refractivity contribution is -0.141. The SMILES string of the molecule is CN(Cc1nc2ccccc2n1C)C(=O)c1ccc(C(F)(F)F)[nH]c1=O. The molecule has 1 aromatic carbocycles.